The van der Waals surface area contributed by atoms with E-state index in [1.165, 1.54) is 0 Å². The third-order valence-electron chi connectivity index (χ3n) is 3.99. The van der Waals surface area contributed by atoms with E-state index in [4.69, 9.17) is 23.2 Å². The summed E-state index contributed by atoms with van der Waals surface area (Å²) in [5, 5.41) is 14.2. The van der Waals surface area contributed by atoms with E-state index >= 15 is 0 Å². The summed E-state index contributed by atoms with van der Waals surface area (Å²) >= 11 is 12.1. The Morgan fingerprint density at radius 3 is 2.95 bits per heavy atom. The van der Waals surface area contributed by atoms with Crippen LogP contribution in [0.15, 0.2) is 12.5 Å². The largest absolute Gasteiger partial charge is 0.392 e. The first-order chi connectivity index (χ1) is 10.2. The maximum absolute atomic E-state index is 9.94. The molecule has 0 amide bonds. The fraction of sp³-hybridized carbons (Fsp3) is 0.600. The van der Waals surface area contributed by atoms with Gasteiger partial charge in [-0.05, 0) is 32.2 Å². The third-order valence-corrected chi connectivity index (χ3v) is 4.76. The third kappa shape index (κ3) is 3.54. The van der Waals surface area contributed by atoms with Crippen LogP contribution in [0, 0.1) is 0 Å². The summed E-state index contributed by atoms with van der Waals surface area (Å²) in [7, 11) is 0. The van der Waals surface area contributed by atoms with Crippen molar-refractivity contribution in [3.63, 3.8) is 0 Å². The van der Waals surface area contributed by atoms with E-state index in [1.54, 1.807) is 12.5 Å². The molecule has 2 atom stereocenters. The molecule has 0 radical (unpaired) electrons. The highest BCUT2D eigenvalue weighted by Crippen LogP contribution is 2.28. The molecular weight excluding hydrogens is 323 g/mol. The minimum atomic E-state index is -0.232. The average molecular weight is 345 g/mol. The zero-order valence-corrected chi connectivity index (χ0v) is 13.1. The Kier molecular flexibility index (Phi) is 6.03. The summed E-state index contributed by atoms with van der Waals surface area (Å²) in [4.78, 5) is 8.58. The van der Waals surface area contributed by atoms with Crippen molar-refractivity contribution in [3.8, 4) is 0 Å². The molecule has 1 aliphatic rings. The number of aryl methyl sites for hydroxylation is 1. The second kappa shape index (κ2) is 7.59. The van der Waals surface area contributed by atoms with Gasteiger partial charge < -0.3 is 15.0 Å². The molecule has 2 aromatic heterocycles. The molecule has 0 aromatic carbocycles. The Bertz CT molecular complexity index is 631. The highest BCUT2D eigenvalue weighted by atomic mass is 35.5. The molecule has 22 heavy (non-hydrogen) atoms. The minimum Gasteiger partial charge on any atom is -0.392 e. The predicted molar refractivity (Wildman–Crippen MR) is 90.5 cm³/mol. The van der Waals surface area contributed by atoms with Crippen molar-refractivity contribution in [2.24, 2.45) is 0 Å². The molecule has 122 valence electrons. The molecule has 2 N–H and O–H groups in total. The summed E-state index contributed by atoms with van der Waals surface area (Å²) in [5.74, 6) is 0. The molecule has 2 aromatic rings. The number of piperidine rings is 1. The lowest BCUT2D eigenvalue weighted by atomic mass is 9.97. The van der Waals surface area contributed by atoms with Gasteiger partial charge in [-0.15, -0.1) is 0 Å². The fourth-order valence-corrected chi connectivity index (χ4v) is 3.15. The second-order valence-electron chi connectivity index (χ2n) is 5.44. The van der Waals surface area contributed by atoms with E-state index in [-0.39, 0.29) is 19.6 Å². The zero-order chi connectivity index (χ0) is 14.8. The van der Waals surface area contributed by atoms with Gasteiger partial charge >= 0.3 is 0 Å². The molecule has 0 saturated carbocycles. The standard InChI is InChI=1S/C14H18Cl2N4O.CH4/c15-9-7-18-14-13(12(9)16)19-8-20(14)6-2-3-10-11(21)4-1-5-17-10;/h7-8,10-11,17,21H,1-6H2;1H4/t10-,11+;/m1./s1. The topological polar surface area (TPSA) is 63.0 Å². The van der Waals surface area contributed by atoms with Crippen molar-refractivity contribution in [2.75, 3.05) is 6.54 Å². The summed E-state index contributed by atoms with van der Waals surface area (Å²) in [6, 6.07) is 0.194. The van der Waals surface area contributed by atoms with E-state index in [9.17, 15) is 5.11 Å². The lowest BCUT2D eigenvalue weighted by Crippen LogP contribution is -2.44. The SMILES string of the molecule is C.O[C@H]1CCCN[C@@H]1CCCn1cnc2c(Cl)c(Cl)cnc21. The molecule has 5 nitrogen and oxygen atoms in total. The molecule has 3 rings (SSSR count). The Morgan fingerprint density at radius 1 is 1.36 bits per heavy atom. The van der Waals surface area contributed by atoms with Crippen molar-refractivity contribution in [1.29, 1.82) is 0 Å². The molecule has 3 heterocycles. The van der Waals surface area contributed by atoms with Crippen LogP contribution in [0.5, 0.6) is 0 Å². The number of nitrogens with zero attached hydrogens (tertiary/aromatic N) is 3. The number of pyridine rings is 1. The molecule has 0 aliphatic carbocycles. The number of aromatic nitrogens is 3. The maximum atomic E-state index is 9.94. The van der Waals surface area contributed by atoms with Gasteiger partial charge in [-0.3, -0.25) is 0 Å². The molecule has 1 fully saturated rings. The Morgan fingerprint density at radius 2 is 2.18 bits per heavy atom. The van der Waals surface area contributed by atoms with Crippen LogP contribution in [0.2, 0.25) is 10.0 Å². The van der Waals surface area contributed by atoms with Crippen LogP contribution < -0.4 is 5.32 Å². The number of nitrogens with one attached hydrogen (secondary N) is 1. The highest BCUT2D eigenvalue weighted by Gasteiger charge is 2.21. The van der Waals surface area contributed by atoms with Crippen molar-refractivity contribution in [1.82, 2.24) is 19.9 Å². The number of hydrogen-bond donors (Lipinski definition) is 2. The first kappa shape index (κ1) is 17.5. The number of aliphatic hydroxyl groups excluding tert-OH is 1. The van der Waals surface area contributed by atoms with Gasteiger partial charge in [0, 0.05) is 18.8 Å². The van der Waals surface area contributed by atoms with Gasteiger partial charge in [0.2, 0.25) is 0 Å². The van der Waals surface area contributed by atoms with E-state index in [0.717, 1.165) is 44.4 Å². The van der Waals surface area contributed by atoms with Gasteiger partial charge in [0.15, 0.2) is 5.65 Å². The van der Waals surface area contributed by atoms with E-state index in [1.807, 2.05) is 4.57 Å². The Balaban J connectivity index is 0.00000176. The van der Waals surface area contributed by atoms with Crippen molar-refractivity contribution < 1.29 is 5.11 Å². The van der Waals surface area contributed by atoms with Crippen LogP contribution in [-0.4, -0.2) is 38.3 Å². The monoisotopic (exact) mass is 344 g/mol. The number of rotatable bonds is 4. The van der Waals surface area contributed by atoms with Crippen LogP contribution in [0.25, 0.3) is 11.2 Å². The van der Waals surface area contributed by atoms with Crippen molar-refractivity contribution in [2.45, 2.75) is 51.8 Å². The number of halogens is 2. The van der Waals surface area contributed by atoms with Crippen LogP contribution in [-0.2, 0) is 6.54 Å². The van der Waals surface area contributed by atoms with E-state index in [0.29, 0.717) is 15.6 Å². The van der Waals surface area contributed by atoms with Crippen LogP contribution in [0.4, 0.5) is 0 Å². The van der Waals surface area contributed by atoms with E-state index in [2.05, 4.69) is 15.3 Å². The lowest BCUT2D eigenvalue weighted by molar-refractivity contribution is 0.0909. The summed E-state index contributed by atoms with van der Waals surface area (Å²) in [6.45, 7) is 1.79. The zero-order valence-electron chi connectivity index (χ0n) is 11.6. The van der Waals surface area contributed by atoms with E-state index < -0.39 is 0 Å². The molecular formula is C15H22Cl2N4O. The van der Waals surface area contributed by atoms with Crippen LogP contribution >= 0.6 is 23.2 Å². The van der Waals surface area contributed by atoms with Gasteiger partial charge in [-0.25, -0.2) is 9.97 Å². The number of imidazole rings is 1. The average Bonchev–Trinajstić information content (AvgIpc) is 2.89. The van der Waals surface area contributed by atoms with Gasteiger partial charge in [-0.1, -0.05) is 30.6 Å². The maximum Gasteiger partial charge on any atom is 0.161 e. The Labute approximate surface area is 140 Å². The quantitative estimate of drug-likeness (QED) is 0.893. The van der Waals surface area contributed by atoms with Crippen molar-refractivity contribution >= 4 is 34.4 Å². The number of fused-ring (bicyclic) bond motifs is 1. The van der Waals surface area contributed by atoms with Crippen molar-refractivity contribution in [3.05, 3.63) is 22.6 Å². The van der Waals surface area contributed by atoms with Crippen LogP contribution in [0.3, 0.4) is 0 Å². The fourth-order valence-electron chi connectivity index (χ4n) is 2.83. The normalized spacial score (nSPS) is 21.8. The van der Waals surface area contributed by atoms with Gasteiger partial charge in [-0.2, -0.15) is 0 Å². The number of hydrogen-bond acceptors (Lipinski definition) is 4. The first-order valence-corrected chi connectivity index (χ1v) is 7.98. The molecule has 0 unspecified atom stereocenters. The summed E-state index contributed by atoms with van der Waals surface area (Å²) < 4.78 is 1.98. The molecule has 0 bridgehead atoms. The summed E-state index contributed by atoms with van der Waals surface area (Å²) in [6.07, 6.45) is 6.88. The minimum absolute atomic E-state index is 0. The molecule has 1 aliphatic heterocycles. The van der Waals surface area contributed by atoms with Gasteiger partial charge in [0.05, 0.1) is 22.5 Å². The highest BCUT2D eigenvalue weighted by molar-refractivity contribution is 6.44. The Hall–Kier alpha value is -0.880. The number of aliphatic hydroxyl groups is 1. The lowest BCUT2D eigenvalue weighted by Gasteiger charge is -2.28. The smallest absolute Gasteiger partial charge is 0.161 e. The molecule has 7 heteroatoms. The summed E-state index contributed by atoms with van der Waals surface area (Å²) in [5.41, 5.74) is 1.39. The second-order valence-corrected chi connectivity index (χ2v) is 6.23. The first-order valence-electron chi connectivity index (χ1n) is 7.23. The van der Waals surface area contributed by atoms with Gasteiger partial charge in [0.1, 0.15) is 5.52 Å². The predicted octanol–water partition coefficient (Wildman–Crippen LogP) is 3.27. The molecule has 0 spiro atoms. The van der Waals surface area contributed by atoms with Gasteiger partial charge in [0.25, 0.3) is 0 Å². The van der Waals surface area contributed by atoms with Crippen LogP contribution in [0.1, 0.15) is 33.1 Å². The molecule has 1 saturated heterocycles.